The van der Waals surface area contributed by atoms with Crippen molar-refractivity contribution in [2.45, 2.75) is 19.8 Å². The number of phenolic OH excluding ortho intramolecular Hbond substituents is 1. The molecule has 1 aliphatic rings. The first kappa shape index (κ1) is 21.6. The average molecular weight is 404 g/mol. The summed E-state index contributed by atoms with van der Waals surface area (Å²) in [5, 5.41) is 24.8. The van der Waals surface area contributed by atoms with Crippen LogP contribution in [-0.2, 0) is 6.42 Å². The number of para-hydroxylation sites is 1. The largest absolute Gasteiger partial charge is 0.507 e. The second-order valence-corrected chi connectivity index (χ2v) is 6.62. The van der Waals surface area contributed by atoms with Crippen LogP contribution in [0, 0.1) is 11.3 Å². The first-order valence-corrected chi connectivity index (χ1v) is 8.96. The maximum atomic E-state index is 10.1. The molecule has 1 aliphatic heterocycles. The molecule has 0 saturated carbocycles. The standard InChI is InChI=1S/C21H25N3O3.ClH/c1-14-13-24(23-21(14)16-6-4-5-7-17(16)25)20(22)11-9-15-8-10-18(26-2)19(12-15)27-3;/h4-8,10,12,14,22,25H,9,11,13H2,1-3H3;1H. The number of halogens is 1. The molecule has 2 N–H and O–H groups in total. The normalized spacial score (nSPS) is 15.6. The molecule has 0 aliphatic carbocycles. The summed E-state index contributed by atoms with van der Waals surface area (Å²) in [4.78, 5) is 0. The molecule has 0 amide bonds. The van der Waals surface area contributed by atoms with Crippen LogP contribution in [0.2, 0.25) is 0 Å². The minimum Gasteiger partial charge on any atom is -0.507 e. The van der Waals surface area contributed by atoms with Crippen LogP contribution >= 0.6 is 12.4 Å². The number of aryl methyl sites for hydroxylation is 1. The average Bonchev–Trinajstić information content (AvgIpc) is 3.07. The highest BCUT2D eigenvalue weighted by molar-refractivity contribution is 6.06. The van der Waals surface area contributed by atoms with Gasteiger partial charge in [0.25, 0.3) is 0 Å². The van der Waals surface area contributed by atoms with Gasteiger partial charge in [0.1, 0.15) is 11.6 Å². The zero-order valence-electron chi connectivity index (χ0n) is 16.3. The van der Waals surface area contributed by atoms with Gasteiger partial charge in [-0.2, -0.15) is 5.10 Å². The van der Waals surface area contributed by atoms with E-state index in [1.165, 1.54) is 0 Å². The van der Waals surface area contributed by atoms with Crippen LogP contribution in [0.25, 0.3) is 0 Å². The first-order chi connectivity index (χ1) is 13.0. The van der Waals surface area contributed by atoms with Crippen molar-refractivity contribution in [2.24, 2.45) is 11.0 Å². The minimum atomic E-state index is 0. The van der Waals surface area contributed by atoms with Crippen LogP contribution in [0.1, 0.15) is 24.5 Å². The van der Waals surface area contributed by atoms with E-state index in [0.29, 0.717) is 36.7 Å². The number of aromatic hydroxyl groups is 1. The van der Waals surface area contributed by atoms with Gasteiger partial charge in [-0.3, -0.25) is 10.4 Å². The lowest BCUT2D eigenvalue weighted by molar-refractivity contribution is 0.354. The number of ether oxygens (including phenoxy) is 2. The number of amidine groups is 1. The molecule has 0 fully saturated rings. The molecule has 3 rings (SSSR count). The summed E-state index contributed by atoms with van der Waals surface area (Å²) < 4.78 is 10.6. The Morgan fingerprint density at radius 3 is 2.57 bits per heavy atom. The molecule has 1 atom stereocenters. The van der Waals surface area contributed by atoms with Gasteiger partial charge in [-0.25, -0.2) is 0 Å². The molecule has 0 radical (unpaired) electrons. The molecular weight excluding hydrogens is 378 g/mol. The van der Waals surface area contributed by atoms with Crippen molar-refractivity contribution >= 4 is 24.0 Å². The zero-order valence-corrected chi connectivity index (χ0v) is 17.1. The molecule has 2 aromatic rings. The van der Waals surface area contributed by atoms with E-state index < -0.39 is 0 Å². The Bertz CT molecular complexity index is 870. The van der Waals surface area contributed by atoms with E-state index in [2.05, 4.69) is 12.0 Å². The summed E-state index contributed by atoms with van der Waals surface area (Å²) in [6, 6.07) is 13.0. The van der Waals surface area contributed by atoms with Gasteiger partial charge in [0.2, 0.25) is 0 Å². The Morgan fingerprint density at radius 2 is 1.89 bits per heavy atom. The predicted molar refractivity (Wildman–Crippen MR) is 113 cm³/mol. The molecule has 1 heterocycles. The number of benzene rings is 2. The first-order valence-electron chi connectivity index (χ1n) is 8.96. The van der Waals surface area contributed by atoms with Crippen molar-refractivity contribution in [1.82, 2.24) is 5.01 Å². The van der Waals surface area contributed by atoms with Crippen molar-refractivity contribution < 1.29 is 14.6 Å². The lowest BCUT2D eigenvalue weighted by Gasteiger charge is -2.16. The van der Waals surface area contributed by atoms with Crippen LogP contribution in [0.5, 0.6) is 17.2 Å². The zero-order chi connectivity index (χ0) is 19.4. The number of hydrogen-bond donors (Lipinski definition) is 2. The Morgan fingerprint density at radius 1 is 1.18 bits per heavy atom. The molecular formula is C21H26ClN3O3. The molecule has 0 saturated heterocycles. The number of phenols is 1. The number of hydrazone groups is 1. The quantitative estimate of drug-likeness (QED) is 0.562. The molecule has 28 heavy (non-hydrogen) atoms. The maximum Gasteiger partial charge on any atom is 0.160 e. The molecule has 1 unspecified atom stereocenters. The van der Waals surface area contributed by atoms with Crippen molar-refractivity contribution in [3.05, 3.63) is 53.6 Å². The lowest BCUT2D eigenvalue weighted by atomic mass is 9.98. The third-order valence-corrected chi connectivity index (χ3v) is 4.73. The van der Waals surface area contributed by atoms with Gasteiger partial charge in [0.15, 0.2) is 11.5 Å². The molecule has 0 spiro atoms. The maximum absolute atomic E-state index is 10.1. The van der Waals surface area contributed by atoms with E-state index in [9.17, 15) is 5.11 Å². The summed E-state index contributed by atoms with van der Waals surface area (Å²) >= 11 is 0. The van der Waals surface area contributed by atoms with Crippen LogP contribution in [0.3, 0.4) is 0 Å². The summed E-state index contributed by atoms with van der Waals surface area (Å²) in [7, 11) is 3.23. The highest BCUT2D eigenvalue weighted by Crippen LogP contribution is 2.29. The van der Waals surface area contributed by atoms with Crippen LogP contribution in [-0.4, -0.2) is 42.4 Å². The molecule has 150 valence electrons. The fourth-order valence-corrected chi connectivity index (χ4v) is 3.22. The molecule has 2 aromatic carbocycles. The van der Waals surface area contributed by atoms with Crippen molar-refractivity contribution in [2.75, 3.05) is 20.8 Å². The smallest absolute Gasteiger partial charge is 0.160 e. The predicted octanol–water partition coefficient (Wildman–Crippen LogP) is 4.10. The second kappa shape index (κ2) is 9.46. The fraction of sp³-hybridized carbons (Fsp3) is 0.333. The van der Waals surface area contributed by atoms with Crippen molar-refractivity contribution in [3.63, 3.8) is 0 Å². The van der Waals surface area contributed by atoms with Gasteiger partial charge < -0.3 is 14.6 Å². The number of rotatable bonds is 6. The topological polar surface area (TPSA) is 78.1 Å². The molecule has 0 aromatic heterocycles. The Balaban J connectivity index is 0.00000280. The Hall–Kier alpha value is -2.73. The van der Waals surface area contributed by atoms with Crippen molar-refractivity contribution in [1.29, 1.82) is 5.41 Å². The summed E-state index contributed by atoms with van der Waals surface area (Å²) in [5.41, 5.74) is 2.64. The molecule has 0 bridgehead atoms. The van der Waals surface area contributed by atoms with Gasteiger partial charge in [-0.15, -0.1) is 12.4 Å². The number of nitrogens with one attached hydrogen (secondary N) is 1. The van der Waals surface area contributed by atoms with Gasteiger partial charge in [0, 0.05) is 17.9 Å². The van der Waals surface area contributed by atoms with E-state index in [-0.39, 0.29) is 24.1 Å². The second-order valence-electron chi connectivity index (χ2n) is 6.62. The highest BCUT2D eigenvalue weighted by atomic mass is 35.5. The van der Waals surface area contributed by atoms with E-state index in [0.717, 1.165) is 16.8 Å². The lowest BCUT2D eigenvalue weighted by Crippen LogP contribution is -2.25. The van der Waals surface area contributed by atoms with Gasteiger partial charge in [-0.1, -0.05) is 25.1 Å². The SMILES string of the molecule is COc1ccc(CCC(=N)N2CC(C)C(c3ccccc3O)=N2)cc1OC.Cl. The number of methoxy groups -OCH3 is 2. The van der Waals surface area contributed by atoms with Gasteiger partial charge in [-0.05, 0) is 36.2 Å². The fourth-order valence-electron chi connectivity index (χ4n) is 3.22. The monoisotopic (exact) mass is 403 g/mol. The van der Waals surface area contributed by atoms with Crippen LogP contribution in [0.15, 0.2) is 47.6 Å². The van der Waals surface area contributed by atoms with E-state index in [1.807, 2.05) is 30.3 Å². The summed E-state index contributed by atoms with van der Waals surface area (Å²) in [5.74, 6) is 2.22. The van der Waals surface area contributed by atoms with E-state index in [1.54, 1.807) is 31.4 Å². The Labute approximate surface area is 171 Å². The van der Waals surface area contributed by atoms with Crippen molar-refractivity contribution in [3.8, 4) is 17.2 Å². The molecule has 7 heteroatoms. The minimum absolute atomic E-state index is 0. The third-order valence-electron chi connectivity index (χ3n) is 4.73. The third kappa shape index (κ3) is 4.57. The van der Waals surface area contributed by atoms with E-state index >= 15 is 0 Å². The number of nitrogens with zero attached hydrogens (tertiary/aromatic N) is 2. The Kier molecular flexibility index (Phi) is 7.29. The molecule has 6 nitrogen and oxygen atoms in total. The highest BCUT2D eigenvalue weighted by Gasteiger charge is 2.27. The number of hydrogen-bond acceptors (Lipinski definition) is 5. The van der Waals surface area contributed by atoms with Crippen LogP contribution < -0.4 is 9.47 Å². The van der Waals surface area contributed by atoms with E-state index in [4.69, 9.17) is 14.9 Å². The van der Waals surface area contributed by atoms with Crippen LogP contribution in [0.4, 0.5) is 0 Å². The summed E-state index contributed by atoms with van der Waals surface area (Å²) in [6.45, 7) is 2.71. The van der Waals surface area contributed by atoms with Gasteiger partial charge in [0.05, 0.1) is 26.5 Å². The van der Waals surface area contributed by atoms with Gasteiger partial charge >= 0.3 is 0 Å². The summed E-state index contributed by atoms with van der Waals surface area (Å²) in [6.07, 6.45) is 1.28.